The summed E-state index contributed by atoms with van der Waals surface area (Å²) in [6, 6.07) is 2.36. The van der Waals surface area contributed by atoms with Crippen molar-refractivity contribution >= 4 is 11.4 Å². The molecule has 1 aromatic rings. The van der Waals surface area contributed by atoms with Gasteiger partial charge in [-0.05, 0) is 19.3 Å². The highest BCUT2D eigenvalue weighted by Crippen LogP contribution is 2.36. The summed E-state index contributed by atoms with van der Waals surface area (Å²) in [6.45, 7) is 1.12. The predicted octanol–water partition coefficient (Wildman–Crippen LogP) is 2.06. The molecule has 20 heavy (non-hydrogen) atoms. The van der Waals surface area contributed by atoms with Gasteiger partial charge >= 0.3 is 5.69 Å². The highest BCUT2D eigenvalue weighted by atomic mass is 19.1. The van der Waals surface area contributed by atoms with Gasteiger partial charge in [-0.15, -0.1) is 0 Å². The minimum absolute atomic E-state index is 0.0596. The molecule has 0 radical (unpaired) electrons. The number of hydrogen-bond donors (Lipinski definition) is 1. The molecule has 0 aromatic heterocycles. The molecule has 0 amide bonds. The second-order valence-electron chi connectivity index (χ2n) is 4.81. The highest BCUT2D eigenvalue weighted by molar-refractivity contribution is 5.61. The molecule has 0 aliphatic carbocycles. The molecule has 0 bridgehead atoms. The molecule has 1 heterocycles. The first-order valence-electron chi connectivity index (χ1n) is 6.57. The first kappa shape index (κ1) is 14.5. The van der Waals surface area contributed by atoms with E-state index in [9.17, 15) is 14.5 Å². The van der Waals surface area contributed by atoms with Gasteiger partial charge in [0.1, 0.15) is 0 Å². The third-order valence-corrected chi connectivity index (χ3v) is 3.65. The van der Waals surface area contributed by atoms with Crippen LogP contribution in [-0.2, 0) is 0 Å². The van der Waals surface area contributed by atoms with E-state index in [1.807, 2.05) is 4.90 Å². The maximum absolute atomic E-state index is 14.2. The number of nitro benzene ring substituents is 1. The molecule has 0 spiro atoms. The Labute approximate surface area is 116 Å². The van der Waals surface area contributed by atoms with Crippen LogP contribution < -0.4 is 15.4 Å². The average molecular weight is 283 g/mol. The molecule has 1 aliphatic rings. The Kier molecular flexibility index (Phi) is 4.39. The van der Waals surface area contributed by atoms with E-state index in [2.05, 4.69) is 0 Å². The Balaban J connectivity index is 2.43. The lowest BCUT2D eigenvalue weighted by atomic mass is 10.0. The molecule has 1 fully saturated rings. The smallest absolute Gasteiger partial charge is 0.313 e. The molecule has 2 N–H and O–H groups in total. The third-order valence-electron chi connectivity index (χ3n) is 3.65. The van der Waals surface area contributed by atoms with Crippen LogP contribution in [0.15, 0.2) is 12.1 Å². The van der Waals surface area contributed by atoms with Crippen molar-refractivity contribution in [2.45, 2.75) is 25.3 Å². The van der Waals surface area contributed by atoms with E-state index in [1.165, 1.54) is 13.2 Å². The summed E-state index contributed by atoms with van der Waals surface area (Å²) in [4.78, 5) is 12.1. The van der Waals surface area contributed by atoms with E-state index in [0.717, 1.165) is 25.3 Å². The molecule has 1 unspecified atom stereocenters. The number of hydrogen-bond acceptors (Lipinski definition) is 5. The van der Waals surface area contributed by atoms with E-state index >= 15 is 0 Å². The lowest BCUT2D eigenvalue weighted by Gasteiger charge is -2.37. The lowest BCUT2D eigenvalue weighted by molar-refractivity contribution is -0.385. The fourth-order valence-corrected chi connectivity index (χ4v) is 2.62. The molecule has 6 nitrogen and oxygen atoms in total. The number of benzene rings is 1. The number of anilines is 1. The summed E-state index contributed by atoms with van der Waals surface area (Å²) in [6.07, 6.45) is 2.91. The molecule has 1 aliphatic heterocycles. The molecule has 2 rings (SSSR count). The van der Waals surface area contributed by atoms with Crippen LogP contribution in [0.4, 0.5) is 15.8 Å². The number of halogens is 1. The van der Waals surface area contributed by atoms with Gasteiger partial charge in [0.25, 0.3) is 0 Å². The van der Waals surface area contributed by atoms with E-state index in [4.69, 9.17) is 10.5 Å². The van der Waals surface area contributed by atoms with Gasteiger partial charge in [-0.3, -0.25) is 10.1 Å². The third kappa shape index (κ3) is 2.67. The fraction of sp³-hybridized carbons (Fsp3) is 0.538. The Bertz CT molecular complexity index is 510. The molecule has 1 aromatic carbocycles. The van der Waals surface area contributed by atoms with Gasteiger partial charge in [0.05, 0.1) is 23.8 Å². The monoisotopic (exact) mass is 283 g/mol. The molecular weight excluding hydrogens is 265 g/mol. The van der Waals surface area contributed by atoms with Crippen molar-refractivity contribution in [2.24, 2.45) is 5.73 Å². The van der Waals surface area contributed by atoms with Crippen molar-refractivity contribution in [3.05, 3.63) is 28.1 Å². The van der Waals surface area contributed by atoms with Gasteiger partial charge in [-0.2, -0.15) is 0 Å². The van der Waals surface area contributed by atoms with Crippen molar-refractivity contribution < 1.29 is 14.1 Å². The zero-order chi connectivity index (χ0) is 14.7. The normalized spacial score (nSPS) is 18.9. The van der Waals surface area contributed by atoms with E-state index < -0.39 is 10.7 Å². The first-order valence-corrected chi connectivity index (χ1v) is 6.57. The topological polar surface area (TPSA) is 81.6 Å². The summed E-state index contributed by atoms with van der Waals surface area (Å²) in [5, 5.41) is 10.9. The van der Waals surface area contributed by atoms with Crippen LogP contribution >= 0.6 is 0 Å². The van der Waals surface area contributed by atoms with Gasteiger partial charge < -0.3 is 15.4 Å². The molecule has 110 valence electrons. The van der Waals surface area contributed by atoms with Gasteiger partial charge in [0, 0.05) is 25.2 Å². The molecule has 1 atom stereocenters. The molecule has 7 heteroatoms. The zero-order valence-electron chi connectivity index (χ0n) is 11.3. The molecule has 0 saturated carbocycles. The van der Waals surface area contributed by atoms with E-state index in [-0.39, 0.29) is 17.5 Å². The van der Waals surface area contributed by atoms with Crippen LogP contribution in [0.25, 0.3) is 0 Å². The summed E-state index contributed by atoms with van der Waals surface area (Å²) in [7, 11) is 1.33. The Morgan fingerprint density at radius 1 is 1.55 bits per heavy atom. The summed E-state index contributed by atoms with van der Waals surface area (Å²) in [5.74, 6) is -0.550. The minimum Gasteiger partial charge on any atom is -0.490 e. The number of nitro groups is 1. The van der Waals surface area contributed by atoms with Gasteiger partial charge in [-0.25, -0.2) is 4.39 Å². The highest BCUT2D eigenvalue weighted by Gasteiger charge is 2.27. The molecule has 1 saturated heterocycles. The van der Waals surface area contributed by atoms with Gasteiger partial charge in [-0.1, -0.05) is 0 Å². The van der Waals surface area contributed by atoms with E-state index in [0.29, 0.717) is 18.8 Å². The Morgan fingerprint density at radius 2 is 2.30 bits per heavy atom. The number of methoxy groups -OCH3 is 1. The maximum Gasteiger partial charge on any atom is 0.313 e. The first-order chi connectivity index (χ1) is 9.58. The predicted molar refractivity (Wildman–Crippen MR) is 73.6 cm³/mol. The van der Waals surface area contributed by atoms with E-state index in [1.54, 1.807) is 0 Å². The largest absolute Gasteiger partial charge is 0.490 e. The van der Waals surface area contributed by atoms with Crippen LogP contribution in [0, 0.1) is 15.9 Å². The standard InChI is InChI=1S/C13H18FN3O3/c1-20-13-7-11(10(14)6-12(13)17(18)19)16-5-3-2-4-9(16)8-15/h6-7,9H,2-5,8,15H2,1H3. The summed E-state index contributed by atoms with van der Waals surface area (Å²) < 4.78 is 19.2. The van der Waals surface area contributed by atoms with Crippen LogP contribution in [0.2, 0.25) is 0 Å². The van der Waals surface area contributed by atoms with Crippen molar-refractivity contribution in [1.82, 2.24) is 0 Å². The second-order valence-corrected chi connectivity index (χ2v) is 4.81. The second kappa shape index (κ2) is 6.04. The number of piperidine rings is 1. The number of nitrogens with zero attached hydrogens (tertiary/aromatic N) is 2. The van der Waals surface area contributed by atoms with Crippen LogP contribution in [0.3, 0.4) is 0 Å². The zero-order valence-corrected chi connectivity index (χ0v) is 11.3. The van der Waals surface area contributed by atoms with Crippen LogP contribution in [0.5, 0.6) is 5.75 Å². The SMILES string of the molecule is COc1cc(N2CCCCC2CN)c(F)cc1[N+](=O)[O-]. The number of ether oxygens (including phenoxy) is 1. The number of nitrogens with two attached hydrogens (primary N) is 1. The van der Waals surface area contributed by atoms with Crippen molar-refractivity contribution in [3.63, 3.8) is 0 Å². The summed E-state index contributed by atoms with van der Waals surface area (Å²) >= 11 is 0. The van der Waals surface area contributed by atoms with Crippen molar-refractivity contribution in [3.8, 4) is 5.75 Å². The fourth-order valence-electron chi connectivity index (χ4n) is 2.62. The van der Waals surface area contributed by atoms with Crippen LogP contribution in [0.1, 0.15) is 19.3 Å². The quantitative estimate of drug-likeness (QED) is 0.675. The minimum atomic E-state index is -0.650. The lowest BCUT2D eigenvalue weighted by Crippen LogP contribution is -2.44. The average Bonchev–Trinajstić information content (AvgIpc) is 2.46. The van der Waals surface area contributed by atoms with Gasteiger partial charge in [0.15, 0.2) is 11.6 Å². The van der Waals surface area contributed by atoms with Crippen LogP contribution in [-0.4, -0.2) is 31.2 Å². The Morgan fingerprint density at radius 3 is 2.90 bits per heavy atom. The summed E-state index contributed by atoms with van der Waals surface area (Å²) in [5.41, 5.74) is 5.68. The molecular formula is C13H18FN3O3. The van der Waals surface area contributed by atoms with Gasteiger partial charge in [0.2, 0.25) is 0 Å². The Hall–Kier alpha value is -1.89. The number of rotatable bonds is 4. The maximum atomic E-state index is 14.2. The van der Waals surface area contributed by atoms with Crippen molar-refractivity contribution in [2.75, 3.05) is 25.1 Å². The van der Waals surface area contributed by atoms with Crippen molar-refractivity contribution in [1.29, 1.82) is 0 Å².